The van der Waals surface area contributed by atoms with Crippen molar-refractivity contribution in [2.75, 3.05) is 61.6 Å². The molecule has 3 aromatic carbocycles. The Morgan fingerprint density at radius 1 is 0.905 bits per heavy atom. The molecule has 0 saturated carbocycles. The lowest BCUT2D eigenvalue weighted by Crippen LogP contribution is -2.47. The maximum Gasteiger partial charge on any atom is 0.255 e. The summed E-state index contributed by atoms with van der Waals surface area (Å²) in [4.78, 5) is 31.2. The molecule has 2 N–H and O–H groups in total. The fraction of sp³-hybridized carbons (Fsp3) is 0.412. The van der Waals surface area contributed by atoms with Crippen LogP contribution in [0.25, 0.3) is 0 Å². The number of nitrogens with zero attached hydrogens (tertiary/aromatic N) is 2. The first-order chi connectivity index (χ1) is 20.2. The van der Waals surface area contributed by atoms with Crippen LogP contribution < -0.4 is 25.2 Å². The quantitative estimate of drug-likeness (QED) is 0.373. The number of carbonyl (C=O) groups is 2. The molecule has 2 aliphatic rings. The molecule has 222 valence electrons. The number of para-hydroxylation sites is 2. The largest absolute Gasteiger partial charge is 0.495 e. The highest BCUT2D eigenvalue weighted by molar-refractivity contribution is 6.06. The topological polar surface area (TPSA) is 83.1 Å². The number of piperazine rings is 1. The Morgan fingerprint density at radius 3 is 2.24 bits per heavy atom. The van der Waals surface area contributed by atoms with E-state index in [0.29, 0.717) is 23.4 Å². The minimum Gasteiger partial charge on any atom is -0.495 e. The van der Waals surface area contributed by atoms with E-state index in [1.807, 2.05) is 54.6 Å². The Labute approximate surface area is 249 Å². The van der Waals surface area contributed by atoms with Gasteiger partial charge in [0.2, 0.25) is 0 Å². The van der Waals surface area contributed by atoms with Crippen molar-refractivity contribution in [1.82, 2.24) is 5.32 Å². The summed E-state index contributed by atoms with van der Waals surface area (Å²) in [5.41, 5.74) is 4.80. The third-order valence-corrected chi connectivity index (χ3v) is 8.07. The Kier molecular flexibility index (Phi) is 9.02. The predicted octanol–water partition coefficient (Wildman–Crippen LogP) is 5.48. The summed E-state index contributed by atoms with van der Waals surface area (Å²) in [6, 6.07) is 21.3. The number of carbonyl (C=O) groups excluding carboxylic acids is 2. The highest BCUT2D eigenvalue weighted by Crippen LogP contribution is 2.31. The van der Waals surface area contributed by atoms with E-state index in [2.05, 4.69) is 47.3 Å². The Balaban J connectivity index is 1.33. The summed E-state index contributed by atoms with van der Waals surface area (Å²) < 4.78 is 11.3. The molecule has 1 unspecified atom stereocenters. The van der Waals surface area contributed by atoms with Crippen LogP contribution in [0.3, 0.4) is 0 Å². The van der Waals surface area contributed by atoms with E-state index in [1.54, 1.807) is 13.2 Å². The first-order valence-corrected chi connectivity index (χ1v) is 14.8. The minimum absolute atomic E-state index is 0.00921. The second-order valence-corrected chi connectivity index (χ2v) is 12.0. The standard InChI is InChI=1S/C34H42N4O4/c1-34(2,3)25-13-11-24(12-14-25)32(39)36-26-15-16-29(28(22-26)33(40)35-23-27-8-7-21-42-27)37-17-19-38(20-18-37)30-9-5-6-10-31(30)41-4/h5-6,9-16,22,27H,7-8,17-21,23H2,1-4H3,(H,35,40)(H,36,39). The second kappa shape index (κ2) is 12.9. The monoisotopic (exact) mass is 570 g/mol. The normalized spacial score (nSPS) is 17.2. The molecule has 0 aliphatic carbocycles. The summed E-state index contributed by atoms with van der Waals surface area (Å²) >= 11 is 0. The summed E-state index contributed by atoms with van der Waals surface area (Å²) in [6.45, 7) is 10.7. The number of ether oxygens (including phenoxy) is 2. The molecule has 0 spiro atoms. The fourth-order valence-corrected chi connectivity index (χ4v) is 5.58. The summed E-state index contributed by atoms with van der Waals surface area (Å²) in [5.74, 6) is 0.478. The fourth-order valence-electron chi connectivity index (χ4n) is 5.58. The van der Waals surface area contributed by atoms with Crippen molar-refractivity contribution < 1.29 is 19.1 Å². The van der Waals surface area contributed by atoms with Gasteiger partial charge in [0.05, 0.1) is 24.5 Å². The van der Waals surface area contributed by atoms with Gasteiger partial charge < -0.3 is 29.9 Å². The molecule has 2 aliphatic heterocycles. The van der Waals surface area contributed by atoms with E-state index in [1.165, 1.54) is 5.56 Å². The van der Waals surface area contributed by atoms with Gasteiger partial charge in [0.1, 0.15) is 5.75 Å². The molecule has 0 radical (unpaired) electrons. The van der Waals surface area contributed by atoms with Gasteiger partial charge in [0, 0.05) is 56.3 Å². The number of benzene rings is 3. The molecule has 0 aromatic heterocycles. The van der Waals surface area contributed by atoms with Gasteiger partial charge in [-0.25, -0.2) is 0 Å². The van der Waals surface area contributed by atoms with Gasteiger partial charge >= 0.3 is 0 Å². The van der Waals surface area contributed by atoms with Gasteiger partial charge in [-0.2, -0.15) is 0 Å². The predicted molar refractivity (Wildman–Crippen MR) is 168 cm³/mol. The number of anilines is 3. The number of amides is 2. The molecular weight excluding hydrogens is 528 g/mol. The summed E-state index contributed by atoms with van der Waals surface area (Å²) in [5, 5.41) is 6.07. The maximum absolute atomic E-state index is 13.5. The SMILES string of the molecule is COc1ccccc1N1CCN(c2ccc(NC(=O)c3ccc(C(C)(C)C)cc3)cc2C(=O)NCC2CCCO2)CC1. The highest BCUT2D eigenvalue weighted by atomic mass is 16.5. The average molecular weight is 571 g/mol. The zero-order valence-electron chi connectivity index (χ0n) is 25.1. The van der Waals surface area contributed by atoms with E-state index in [0.717, 1.165) is 62.8 Å². The number of hydrogen-bond donors (Lipinski definition) is 2. The van der Waals surface area contributed by atoms with Gasteiger partial charge in [-0.3, -0.25) is 9.59 Å². The lowest BCUT2D eigenvalue weighted by molar-refractivity contribution is 0.0858. The number of methoxy groups -OCH3 is 1. The molecule has 8 nitrogen and oxygen atoms in total. The van der Waals surface area contributed by atoms with Crippen LogP contribution in [-0.2, 0) is 10.2 Å². The van der Waals surface area contributed by atoms with E-state index in [4.69, 9.17) is 9.47 Å². The smallest absolute Gasteiger partial charge is 0.255 e. The first kappa shape index (κ1) is 29.5. The molecule has 3 aromatic rings. The second-order valence-electron chi connectivity index (χ2n) is 12.0. The highest BCUT2D eigenvalue weighted by Gasteiger charge is 2.25. The molecule has 2 amide bonds. The number of nitrogens with one attached hydrogen (secondary N) is 2. The molecule has 1 atom stereocenters. The van der Waals surface area contributed by atoms with Gasteiger partial charge in [0.25, 0.3) is 11.8 Å². The Hall–Kier alpha value is -4.04. The molecule has 8 heteroatoms. The van der Waals surface area contributed by atoms with Crippen molar-refractivity contribution >= 4 is 28.9 Å². The van der Waals surface area contributed by atoms with Crippen LogP contribution in [0.1, 0.15) is 59.9 Å². The third kappa shape index (κ3) is 6.87. The van der Waals surface area contributed by atoms with Gasteiger partial charge in [-0.15, -0.1) is 0 Å². The van der Waals surface area contributed by atoms with Crippen LogP contribution in [0.4, 0.5) is 17.1 Å². The van der Waals surface area contributed by atoms with Crippen molar-refractivity contribution in [2.45, 2.75) is 45.1 Å². The Bertz CT molecular complexity index is 1390. The van der Waals surface area contributed by atoms with Gasteiger partial charge in [-0.1, -0.05) is 45.0 Å². The Morgan fingerprint density at radius 2 is 1.60 bits per heavy atom. The van der Waals surface area contributed by atoms with Crippen LogP contribution in [0.15, 0.2) is 66.7 Å². The van der Waals surface area contributed by atoms with Crippen LogP contribution >= 0.6 is 0 Å². The number of hydrogen-bond acceptors (Lipinski definition) is 6. The van der Waals surface area contributed by atoms with Crippen LogP contribution in [0, 0.1) is 0 Å². The number of rotatable bonds is 8. The van der Waals surface area contributed by atoms with Crippen molar-refractivity contribution in [3.8, 4) is 5.75 Å². The maximum atomic E-state index is 13.5. The van der Waals surface area contributed by atoms with Crippen molar-refractivity contribution in [2.24, 2.45) is 0 Å². The average Bonchev–Trinajstić information content (AvgIpc) is 3.53. The van der Waals surface area contributed by atoms with E-state index in [-0.39, 0.29) is 23.3 Å². The van der Waals surface area contributed by atoms with Crippen LogP contribution in [0.5, 0.6) is 5.75 Å². The summed E-state index contributed by atoms with van der Waals surface area (Å²) in [7, 11) is 1.69. The minimum atomic E-state index is -0.209. The van der Waals surface area contributed by atoms with Crippen LogP contribution in [0.2, 0.25) is 0 Å². The molecule has 42 heavy (non-hydrogen) atoms. The molecule has 5 rings (SSSR count). The van der Waals surface area contributed by atoms with Crippen molar-refractivity contribution in [3.63, 3.8) is 0 Å². The lowest BCUT2D eigenvalue weighted by atomic mass is 9.87. The molecule has 2 heterocycles. The van der Waals surface area contributed by atoms with Gasteiger partial charge in [0.15, 0.2) is 0 Å². The third-order valence-electron chi connectivity index (χ3n) is 8.07. The van der Waals surface area contributed by atoms with E-state index < -0.39 is 0 Å². The molecule has 0 bridgehead atoms. The van der Waals surface area contributed by atoms with Crippen LogP contribution in [-0.4, -0.2) is 64.4 Å². The van der Waals surface area contributed by atoms with Gasteiger partial charge in [-0.05, 0) is 66.3 Å². The lowest BCUT2D eigenvalue weighted by Gasteiger charge is -2.38. The molecule has 2 fully saturated rings. The first-order valence-electron chi connectivity index (χ1n) is 14.8. The molecular formula is C34H42N4O4. The van der Waals surface area contributed by atoms with E-state index in [9.17, 15) is 9.59 Å². The van der Waals surface area contributed by atoms with Crippen molar-refractivity contribution in [3.05, 3.63) is 83.4 Å². The zero-order chi connectivity index (χ0) is 29.7. The summed E-state index contributed by atoms with van der Waals surface area (Å²) in [6.07, 6.45) is 2.00. The molecule has 2 saturated heterocycles. The van der Waals surface area contributed by atoms with Crippen molar-refractivity contribution in [1.29, 1.82) is 0 Å². The zero-order valence-corrected chi connectivity index (χ0v) is 25.1. The van der Waals surface area contributed by atoms with E-state index >= 15 is 0 Å².